The zero-order valence-corrected chi connectivity index (χ0v) is 19.6. The minimum atomic E-state index is -0.354. The fourth-order valence-corrected chi connectivity index (χ4v) is 4.58. The Morgan fingerprint density at radius 1 is 1.03 bits per heavy atom. The summed E-state index contributed by atoms with van der Waals surface area (Å²) >= 11 is 5.81. The summed E-state index contributed by atoms with van der Waals surface area (Å²) in [4.78, 5) is 6.64. The van der Waals surface area contributed by atoms with E-state index in [9.17, 15) is 4.39 Å². The lowest BCUT2D eigenvalue weighted by Crippen LogP contribution is -2.46. The van der Waals surface area contributed by atoms with Crippen molar-refractivity contribution in [2.24, 2.45) is 0 Å². The topological polar surface area (TPSA) is 54.2 Å². The standard InChI is InChI=1S/C27H23FN4OS/c1-3-18-9-7-14-22(15-18)32-17(2)23(24(29-27(32)34)19-10-5-4-6-11-19)26-30-25(31-33-26)20-12-8-13-21(28)16-20/h4-16,24H,3H2,1-2H3,(H,29,34). The highest BCUT2D eigenvalue weighted by atomic mass is 32.1. The molecule has 1 atom stereocenters. The molecule has 1 aliphatic rings. The number of thiocarbonyl (C=S) groups is 1. The third kappa shape index (κ3) is 4.10. The summed E-state index contributed by atoms with van der Waals surface area (Å²) < 4.78 is 19.5. The maximum atomic E-state index is 13.8. The van der Waals surface area contributed by atoms with Crippen LogP contribution in [0.15, 0.2) is 89.1 Å². The summed E-state index contributed by atoms with van der Waals surface area (Å²) in [5, 5.41) is 8.20. The maximum absolute atomic E-state index is 13.8. The van der Waals surface area contributed by atoms with E-state index in [2.05, 4.69) is 34.5 Å². The second-order valence-electron chi connectivity index (χ2n) is 8.08. The van der Waals surface area contributed by atoms with Gasteiger partial charge >= 0.3 is 0 Å². The summed E-state index contributed by atoms with van der Waals surface area (Å²) in [6, 6.07) is 24.2. The number of anilines is 1. The number of aromatic nitrogens is 2. The van der Waals surface area contributed by atoms with Crippen LogP contribution >= 0.6 is 12.2 Å². The van der Waals surface area contributed by atoms with Crippen LogP contribution in [-0.4, -0.2) is 15.3 Å². The van der Waals surface area contributed by atoms with Gasteiger partial charge in [0.1, 0.15) is 5.82 Å². The molecule has 0 amide bonds. The Kier molecular flexibility index (Phi) is 5.94. The largest absolute Gasteiger partial charge is 0.351 e. The molecule has 3 aromatic carbocycles. The van der Waals surface area contributed by atoms with Gasteiger partial charge in [-0.1, -0.05) is 66.7 Å². The van der Waals surface area contributed by atoms with Gasteiger partial charge in [-0.15, -0.1) is 0 Å². The Bertz CT molecular complexity index is 1380. The molecule has 1 aromatic heterocycles. The van der Waals surface area contributed by atoms with Crippen LogP contribution in [0.25, 0.3) is 17.0 Å². The van der Waals surface area contributed by atoms with Crippen LogP contribution in [0.1, 0.15) is 36.9 Å². The van der Waals surface area contributed by atoms with Gasteiger partial charge in [0.2, 0.25) is 5.82 Å². The number of nitrogens with zero attached hydrogens (tertiary/aromatic N) is 3. The molecule has 0 saturated carbocycles. The number of nitrogens with one attached hydrogen (secondary N) is 1. The van der Waals surface area contributed by atoms with Gasteiger partial charge < -0.3 is 9.84 Å². The average molecular weight is 471 g/mol. The van der Waals surface area contributed by atoms with E-state index in [-0.39, 0.29) is 11.9 Å². The van der Waals surface area contributed by atoms with Crippen molar-refractivity contribution in [2.75, 3.05) is 4.90 Å². The fraction of sp³-hybridized carbons (Fsp3) is 0.148. The summed E-state index contributed by atoms with van der Waals surface area (Å²) in [7, 11) is 0. The fourth-order valence-electron chi connectivity index (χ4n) is 4.22. The molecule has 0 aliphatic carbocycles. The van der Waals surface area contributed by atoms with Crippen molar-refractivity contribution in [3.8, 4) is 11.4 Å². The molecule has 0 fully saturated rings. The van der Waals surface area contributed by atoms with Crippen LogP contribution in [-0.2, 0) is 6.42 Å². The number of hydrogen-bond acceptors (Lipinski definition) is 4. The molecule has 0 radical (unpaired) electrons. The van der Waals surface area contributed by atoms with E-state index in [0.29, 0.717) is 22.4 Å². The SMILES string of the molecule is CCc1cccc(N2C(=S)NC(c3ccccc3)C(c3nc(-c4cccc(F)c4)no3)=C2C)c1. The van der Waals surface area contributed by atoms with Crippen molar-refractivity contribution < 1.29 is 8.91 Å². The van der Waals surface area contributed by atoms with Gasteiger partial charge in [0.15, 0.2) is 5.11 Å². The maximum Gasteiger partial charge on any atom is 0.258 e. The predicted molar refractivity (Wildman–Crippen MR) is 136 cm³/mol. The van der Waals surface area contributed by atoms with E-state index in [1.165, 1.54) is 17.7 Å². The molecule has 2 heterocycles. The van der Waals surface area contributed by atoms with Crippen LogP contribution in [0.4, 0.5) is 10.1 Å². The zero-order chi connectivity index (χ0) is 23.7. The highest BCUT2D eigenvalue weighted by Gasteiger charge is 2.34. The Balaban J connectivity index is 1.66. The predicted octanol–water partition coefficient (Wildman–Crippen LogP) is 6.31. The van der Waals surface area contributed by atoms with E-state index < -0.39 is 0 Å². The third-order valence-electron chi connectivity index (χ3n) is 5.93. The molecule has 34 heavy (non-hydrogen) atoms. The number of halogens is 1. The minimum absolute atomic E-state index is 0.278. The Labute approximate surface area is 202 Å². The smallest absolute Gasteiger partial charge is 0.258 e. The Morgan fingerprint density at radius 3 is 2.59 bits per heavy atom. The van der Waals surface area contributed by atoms with Gasteiger partial charge in [-0.3, -0.25) is 4.90 Å². The Morgan fingerprint density at radius 2 is 1.82 bits per heavy atom. The molecule has 0 spiro atoms. The van der Waals surface area contributed by atoms with Gasteiger partial charge in [-0.2, -0.15) is 4.98 Å². The van der Waals surface area contributed by atoms with Gasteiger partial charge in [0, 0.05) is 16.9 Å². The summed E-state index contributed by atoms with van der Waals surface area (Å²) in [6.07, 6.45) is 0.921. The normalized spacial score (nSPS) is 16.0. The van der Waals surface area contributed by atoms with Crippen molar-refractivity contribution in [1.29, 1.82) is 0 Å². The number of hydrogen-bond donors (Lipinski definition) is 1. The lowest BCUT2D eigenvalue weighted by Gasteiger charge is -2.37. The summed E-state index contributed by atoms with van der Waals surface area (Å²) in [5.41, 5.74) is 5.45. The van der Waals surface area contributed by atoms with Crippen LogP contribution in [0.5, 0.6) is 0 Å². The van der Waals surface area contributed by atoms with Gasteiger partial charge in [-0.05, 0) is 61.0 Å². The molecule has 1 aliphatic heterocycles. The highest BCUT2D eigenvalue weighted by molar-refractivity contribution is 7.80. The average Bonchev–Trinajstić information content (AvgIpc) is 3.34. The molecule has 170 valence electrons. The molecule has 0 saturated heterocycles. The van der Waals surface area contributed by atoms with Crippen LogP contribution in [0, 0.1) is 5.82 Å². The monoisotopic (exact) mass is 470 g/mol. The number of allylic oxidation sites excluding steroid dienone is 1. The van der Waals surface area contributed by atoms with E-state index in [4.69, 9.17) is 16.7 Å². The highest BCUT2D eigenvalue weighted by Crippen LogP contribution is 2.39. The lowest BCUT2D eigenvalue weighted by molar-refractivity contribution is 0.404. The summed E-state index contributed by atoms with van der Waals surface area (Å²) in [6.45, 7) is 4.13. The second-order valence-corrected chi connectivity index (χ2v) is 8.47. The first kappa shape index (κ1) is 22.0. The zero-order valence-electron chi connectivity index (χ0n) is 18.8. The molecule has 4 aromatic rings. The van der Waals surface area contributed by atoms with E-state index >= 15 is 0 Å². The lowest BCUT2D eigenvalue weighted by atomic mass is 9.94. The van der Waals surface area contributed by atoms with E-state index in [1.54, 1.807) is 12.1 Å². The molecule has 1 N–H and O–H groups in total. The van der Waals surface area contributed by atoms with Gasteiger partial charge in [-0.25, -0.2) is 4.39 Å². The van der Waals surface area contributed by atoms with Crippen molar-refractivity contribution in [3.63, 3.8) is 0 Å². The molecular formula is C27H23FN4OS. The van der Waals surface area contributed by atoms with Gasteiger partial charge in [0.05, 0.1) is 11.6 Å². The second kappa shape index (κ2) is 9.19. The molecule has 1 unspecified atom stereocenters. The van der Waals surface area contributed by atoms with E-state index in [1.807, 2.05) is 54.3 Å². The quantitative estimate of drug-likeness (QED) is 0.345. The third-order valence-corrected chi connectivity index (χ3v) is 6.23. The van der Waals surface area contributed by atoms with Crippen molar-refractivity contribution in [2.45, 2.75) is 26.3 Å². The summed E-state index contributed by atoms with van der Waals surface area (Å²) in [5.74, 6) is 0.333. The van der Waals surface area contributed by atoms with Crippen molar-refractivity contribution in [3.05, 3.63) is 107 Å². The molecular weight excluding hydrogens is 447 g/mol. The minimum Gasteiger partial charge on any atom is -0.351 e. The van der Waals surface area contributed by atoms with Crippen LogP contribution in [0.3, 0.4) is 0 Å². The number of rotatable bonds is 5. The van der Waals surface area contributed by atoms with Crippen LogP contribution in [0.2, 0.25) is 0 Å². The number of benzene rings is 3. The first-order chi connectivity index (χ1) is 16.5. The Hall–Kier alpha value is -3.84. The van der Waals surface area contributed by atoms with Crippen molar-refractivity contribution in [1.82, 2.24) is 15.5 Å². The first-order valence-corrected chi connectivity index (χ1v) is 11.5. The van der Waals surface area contributed by atoms with Crippen LogP contribution < -0.4 is 10.2 Å². The first-order valence-electron chi connectivity index (χ1n) is 11.1. The molecule has 7 heteroatoms. The molecule has 5 rings (SSSR count). The van der Waals surface area contributed by atoms with E-state index in [0.717, 1.165) is 28.9 Å². The van der Waals surface area contributed by atoms with Gasteiger partial charge in [0.25, 0.3) is 5.89 Å². The molecule has 5 nitrogen and oxygen atoms in total. The molecule has 0 bridgehead atoms. The number of aryl methyl sites for hydroxylation is 1. The van der Waals surface area contributed by atoms with Crippen molar-refractivity contribution >= 4 is 28.6 Å².